The standard InChI is InChI=1S/C17H20N4O3/c1-12-9-15(20-17(19-12)23-2)18-7-8-21-10-13-5-3-4-6-14(13)24-11-16(21)22/h3-6,9H,7-8,10-11H2,1-2H3,(H,18,19,20). The number of nitrogens with zero attached hydrogens (tertiary/aromatic N) is 3. The van der Waals surface area contributed by atoms with Gasteiger partial charge in [-0.1, -0.05) is 18.2 Å². The lowest BCUT2D eigenvalue weighted by atomic mass is 10.2. The molecular formula is C17H20N4O3. The molecule has 2 heterocycles. The van der Waals surface area contributed by atoms with Crippen LogP contribution in [0.15, 0.2) is 30.3 Å². The van der Waals surface area contributed by atoms with Crippen LogP contribution < -0.4 is 14.8 Å². The van der Waals surface area contributed by atoms with Crippen LogP contribution in [0, 0.1) is 6.92 Å². The predicted molar refractivity (Wildman–Crippen MR) is 89.2 cm³/mol. The Morgan fingerprint density at radius 3 is 3.00 bits per heavy atom. The van der Waals surface area contributed by atoms with Crippen molar-refractivity contribution in [1.82, 2.24) is 14.9 Å². The van der Waals surface area contributed by atoms with Crippen molar-refractivity contribution in [1.29, 1.82) is 0 Å². The van der Waals surface area contributed by atoms with Crippen LogP contribution in [0.2, 0.25) is 0 Å². The largest absolute Gasteiger partial charge is 0.483 e. The number of hydrogen-bond acceptors (Lipinski definition) is 6. The number of anilines is 1. The molecule has 126 valence electrons. The second-order valence-corrected chi connectivity index (χ2v) is 5.52. The van der Waals surface area contributed by atoms with E-state index in [0.29, 0.717) is 31.5 Å². The summed E-state index contributed by atoms with van der Waals surface area (Å²) in [6.45, 7) is 3.62. The minimum atomic E-state index is -0.0237. The van der Waals surface area contributed by atoms with Crippen molar-refractivity contribution in [2.75, 3.05) is 32.1 Å². The molecule has 1 aliphatic rings. The molecule has 1 aromatic heterocycles. The molecule has 7 nitrogen and oxygen atoms in total. The van der Waals surface area contributed by atoms with Crippen molar-refractivity contribution in [2.24, 2.45) is 0 Å². The summed E-state index contributed by atoms with van der Waals surface area (Å²) < 4.78 is 10.6. The van der Waals surface area contributed by atoms with Gasteiger partial charge in [0.2, 0.25) is 0 Å². The maximum Gasteiger partial charge on any atom is 0.318 e. The van der Waals surface area contributed by atoms with Crippen LogP contribution in [0.25, 0.3) is 0 Å². The molecule has 0 bridgehead atoms. The van der Waals surface area contributed by atoms with Crippen molar-refractivity contribution in [3.63, 3.8) is 0 Å². The fraction of sp³-hybridized carbons (Fsp3) is 0.353. The average Bonchev–Trinajstić information content (AvgIpc) is 2.74. The predicted octanol–water partition coefficient (Wildman–Crippen LogP) is 1.63. The second-order valence-electron chi connectivity index (χ2n) is 5.52. The molecule has 0 unspecified atom stereocenters. The Hall–Kier alpha value is -2.83. The van der Waals surface area contributed by atoms with Crippen molar-refractivity contribution in [3.05, 3.63) is 41.6 Å². The van der Waals surface area contributed by atoms with Gasteiger partial charge in [-0.3, -0.25) is 4.79 Å². The first-order valence-electron chi connectivity index (χ1n) is 7.78. The monoisotopic (exact) mass is 328 g/mol. The third-order valence-electron chi connectivity index (χ3n) is 3.74. The van der Waals surface area contributed by atoms with E-state index in [1.54, 1.807) is 4.90 Å². The average molecular weight is 328 g/mol. The molecule has 1 N–H and O–H groups in total. The maximum absolute atomic E-state index is 12.2. The van der Waals surface area contributed by atoms with Gasteiger partial charge < -0.3 is 19.7 Å². The second kappa shape index (κ2) is 7.16. The minimum absolute atomic E-state index is 0.0237. The lowest BCUT2D eigenvalue weighted by molar-refractivity contribution is -0.133. The van der Waals surface area contributed by atoms with E-state index >= 15 is 0 Å². The number of carbonyl (C=O) groups excluding carboxylic acids is 1. The third kappa shape index (κ3) is 3.73. The highest BCUT2D eigenvalue weighted by Crippen LogP contribution is 2.22. The van der Waals surface area contributed by atoms with Crippen LogP contribution in [-0.4, -0.2) is 47.6 Å². The number of benzene rings is 1. The van der Waals surface area contributed by atoms with Gasteiger partial charge in [-0.25, -0.2) is 4.98 Å². The van der Waals surface area contributed by atoms with Gasteiger partial charge in [0, 0.05) is 37.0 Å². The number of para-hydroxylation sites is 1. The Balaban J connectivity index is 1.62. The molecule has 0 saturated heterocycles. The van der Waals surface area contributed by atoms with Gasteiger partial charge in [0.25, 0.3) is 5.91 Å². The molecule has 3 rings (SSSR count). The smallest absolute Gasteiger partial charge is 0.318 e. The molecule has 0 saturated carbocycles. The lowest BCUT2D eigenvalue weighted by Crippen LogP contribution is -2.36. The highest BCUT2D eigenvalue weighted by molar-refractivity contribution is 5.78. The number of carbonyl (C=O) groups is 1. The highest BCUT2D eigenvalue weighted by Gasteiger charge is 2.20. The SMILES string of the molecule is COc1nc(C)cc(NCCN2Cc3ccccc3OCC2=O)n1. The van der Waals surface area contributed by atoms with E-state index in [1.165, 1.54) is 7.11 Å². The molecule has 2 aromatic rings. The third-order valence-corrected chi connectivity index (χ3v) is 3.74. The van der Waals surface area contributed by atoms with Gasteiger partial charge in [-0.05, 0) is 13.0 Å². The molecule has 24 heavy (non-hydrogen) atoms. The zero-order chi connectivity index (χ0) is 16.9. The molecular weight excluding hydrogens is 308 g/mol. The van der Waals surface area contributed by atoms with Crippen LogP contribution in [-0.2, 0) is 11.3 Å². The van der Waals surface area contributed by atoms with E-state index in [-0.39, 0.29) is 12.5 Å². The van der Waals surface area contributed by atoms with Crippen LogP contribution in [0.1, 0.15) is 11.3 Å². The summed E-state index contributed by atoms with van der Waals surface area (Å²) in [5.41, 5.74) is 1.83. The van der Waals surface area contributed by atoms with Crippen molar-refractivity contribution in [2.45, 2.75) is 13.5 Å². The molecule has 1 aromatic carbocycles. The Morgan fingerprint density at radius 1 is 1.33 bits per heavy atom. The number of methoxy groups -OCH3 is 1. The van der Waals surface area contributed by atoms with Gasteiger partial charge in [0.15, 0.2) is 6.61 Å². The summed E-state index contributed by atoms with van der Waals surface area (Å²) in [6, 6.07) is 9.89. The number of nitrogens with one attached hydrogen (secondary N) is 1. The van der Waals surface area contributed by atoms with E-state index in [2.05, 4.69) is 15.3 Å². The minimum Gasteiger partial charge on any atom is -0.483 e. The molecule has 1 aliphatic heterocycles. The summed E-state index contributed by atoms with van der Waals surface area (Å²) in [5, 5.41) is 3.21. The summed E-state index contributed by atoms with van der Waals surface area (Å²) in [4.78, 5) is 22.4. The first-order chi connectivity index (χ1) is 11.7. The summed E-state index contributed by atoms with van der Waals surface area (Å²) in [7, 11) is 1.53. The number of amides is 1. The number of rotatable bonds is 5. The molecule has 0 aliphatic carbocycles. The first kappa shape index (κ1) is 16.0. The lowest BCUT2D eigenvalue weighted by Gasteiger charge is -2.20. The van der Waals surface area contributed by atoms with E-state index in [0.717, 1.165) is 17.0 Å². The van der Waals surface area contributed by atoms with Gasteiger partial charge in [0.05, 0.1) is 7.11 Å². The molecule has 0 atom stereocenters. The number of hydrogen-bond donors (Lipinski definition) is 1. The number of fused-ring (bicyclic) bond motifs is 1. The van der Waals surface area contributed by atoms with Gasteiger partial charge in [-0.2, -0.15) is 4.98 Å². The molecule has 0 radical (unpaired) electrons. The van der Waals surface area contributed by atoms with E-state index in [4.69, 9.17) is 9.47 Å². The van der Waals surface area contributed by atoms with Gasteiger partial charge in [-0.15, -0.1) is 0 Å². The van der Waals surface area contributed by atoms with Gasteiger partial charge >= 0.3 is 6.01 Å². The Bertz CT molecular complexity index is 736. The maximum atomic E-state index is 12.2. The van der Waals surface area contributed by atoms with Crippen LogP contribution in [0.5, 0.6) is 11.8 Å². The summed E-state index contributed by atoms with van der Waals surface area (Å²) >= 11 is 0. The van der Waals surface area contributed by atoms with Gasteiger partial charge in [0.1, 0.15) is 11.6 Å². The summed E-state index contributed by atoms with van der Waals surface area (Å²) in [6.07, 6.45) is 0. The fourth-order valence-corrected chi connectivity index (χ4v) is 2.55. The quantitative estimate of drug-likeness (QED) is 0.899. The Labute approximate surface area is 140 Å². The molecule has 0 spiro atoms. The highest BCUT2D eigenvalue weighted by atomic mass is 16.5. The van der Waals surface area contributed by atoms with E-state index in [1.807, 2.05) is 37.3 Å². The van der Waals surface area contributed by atoms with Crippen LogP contribution in [0.3, 0.4) is 0 Å². The van der Waals surface area contributed by atoms with Crippen LogP contribution in [0.4, 0.5) is 5.82 Å². The zero-order valence-corrected chi connectivity index (χ0v) is 13.8. The fourth-order valence-electron chi connectivity index (χ4n) is 2.55. The molecule has 0 fully saturated rings. The molecule has 7 heteroatoms. The zero-order valence-electron chi connectivity index (χ0n) is 13.8. The normalized spacial score (nSPS) is 13.8. The van der Waals surface area contributed by atoms with Crippen molar-refractivity contribution in [3.8, 4) is 11.8 Å². The summed E-state index contributed by atoms with van der Waals surface area (Å²) in [5.74, 6) is 1.43. The van der Waals surface area contributed by atoms with Crippen LogP contribution >= 0.6 is 0 Å². The van der Waals surface area contributed by atoms with Crippen molar-refractivity contribution < 1.29 is 14.3 Å². The Kier molecular flexibility index (Phi) is 4.79. The van der Waals surface area contributed by atoms with E-state index < -0.39 is 0 Å². The number of aromatic nitrogens is 2. The topological polar surface area (TPSA) is 76.6 Å². The number of ether oxygens (including phenoxy) is 2. The van der Waals surface area contributed by atoms with E-state index in [9.17, 15) is 4.79 Å². The Morgan fingerprint density at radius 2 is 2.17 bits per heavy atom. The van der Waals surface area contributed by atoms with Crippen molar-refractivity contribution >= 4 is 11.7 Å². The number of aryl methyl sites for hydroxylation is 1. The molecule has 1 amide bonds. The first-order valence-corrected chi connectivity index (χ1v) is 7.78.